The van der Waals surface area contributed by atoms with Crippen LogP contribution in [0.5, 0.6) is 0 Å². The monoisotopic (exact) mass is 360 g/mol. The number of ether oxygens (including phenoxy) is 1. The Morgan fingerprint density at radius 1 is 1.08 bits per heavy atom. The van der Waals surface area contributed by atoms with Crippen molar-refractivity contribution >= 4 is 23.5 Å². The number of rotatable bonds is 8. The molecular weight excluding hydrogens is 340 g/mol. The van der Waals surface area contributed by atoms with Crippen molar-refractivity contribution in [3.63, 3.8) is 0 Å². The van der Waals surface area contributed by atoms with Gasteiger partial charge in [0.25, 0.3) is 0 Å². The van der Waals surface area contributed by atoms with Gasteiger partial charge in [0, 0.05) is 30.5 Å². The highest BCUT2D eigenvalue weighted by molar-refractivity contribution is 6.30. The molecule has 2 aromatic rings. The zero-order valence-electron chi connectivity index (χ0n) is 14.2. The van der Waals surface area contributed by atoms with Crippen molar-refractivity contribution in [1.82, 2.24) is 9.88 Å². The molecule has 5 nitrogen and oxygen atoms in total. The van der Waals surface area contributed by atoms with Gasteiger partial charge in [-0.15, -0.1) is 0 Å². The Bertz CT molecular complexity index is 690. The number of esters is 1. The SMILES string of the molecule is CCOC(=O)CCN(Cc1ccncc1)C(=O)Cc1ccc(Cl)cc1. The van der Waals surface area contributed by atoms with Gasteiger partial charge in [-0.2, -0.15) is 0 Å². The lowest BCUT2D eigenvalue weighted by atomic mass is 10.1. The lowest BCUT2D eigenvalue weighted by Gasteiger charge is -2.22. The fourth-order valence-corrected chi connectivity index (χ4v) is 2.47. The number of aromatic nitrogens is 1. The first-order valence-electron chi connectivity index (χ1n) is 8.15. The average Bonchev–Trinajstić information content (AvgIpc) is 2.61. The van der Waals surface area contributed by atoms with Gasteiger partial charge in [0.05, 0.1) is 19.4 Å². The van der Waals surface area contributed by atoms with Crippen LogP contribution in [0.1, 0.15) is 24.5 Å². The number of hydrogen-bond donors (Lipinski definition) is 0. The van der Waals surface area contributed by atoms with Crippen LogP contribution < -0.4 is 0 Å². The van der Waals surface area contributed by atoms with Crippen LogP contribution in [0, 0.1) is 0 Å². The minimum Gasteiger partial charge on any atom is -0.466 e. The minimum atomic E-state index is -0.304. The molecule has 6 heteroatoms. The normalized spacial score (nSPS) is 10.3. The van der Waals surface area contributed by atoms with Crippen LogP contribution in [0.2, 0.25) is 5.02 Å². The summed E-state index contributed by atoms with van der Waals surface area (Å²) in [6.45, 7) is 2.84. The van der Waals surface area contributed by atoms with Crippen LogP contribution in [-0.2, 0) is 27.3 Å². The molecule has 0 saturated carbocycles. The summed E-state index contributed by atoms with van der Waals surface area (Å²) in [6, 6.07) is 10.9. The van der Waals surface area contributed by atoms with Crippen LogP contribution in [-0.4, -0.2) is 34.9 Å². The number of amides is 1. The molecular formula is C19H21ClN2O3. The van der Waals surface area contributed by atoms with Gasteiger partial charge in [-0.25, -0.2) is 0 Å². The Balaban J connectivity index is 2.04. The summed E-state index contributed by atoms with van der Waals surface area (Å²) in [6.07, 6.45) is 3.79. The van der Waals surface area contributed by atoms with E-state index in [0.717, 1.165) is 11.1 Å². The average molecular weight is 361 g/mol. The Morgan fingerprint density at radius 3 is 2.40 bits per heavy atom. The van der Waals surface area contributed by atoms with E-state index in [4.69, 9.17) is 16.3 Å². The number of hydrogen-bond acceptors (Lipinski definition) is 4. The summed E-state index contributed by atoms with van der Waals surface area (Å²) in [5.41, 5.74) is 1.84. The summed E-state index contributed by atoms with van der Waals surface area (Å²) in [7, 11) is 0. The first-order valence-corrected chi connectivity index (χ1v) is 8.53. The molecule has 25 heavy (non-hydrogen) atoms. The van der Waals surface area contributed by atoms with E-state index in [9.17, 15) is 9.59 Å². The standard InChI is InChI=1S/C19H21ClN2O3/c1-2-25-19(24)9-12-22(14-16-7-10-21-11-8-16)18(23)13-15-3-5-17(20)6-4-15/h3-8,10-11H,2,9,12-14H2,1H3. The van der Waals surface area contributed by atoms with Crippen LogP contribution in [0.3, 0.4) is 0 Å². The smallest absolute Gasteiger partial charge is 0.307 e. The first-order chi connectivity index (χ1) is 12.1. The maximum Gasteiger partial charge on any atom is 0.307 e. The molecule has 132 valence electrons. The largest absolute Gasteiger partial charge is 0.466 e. The molecule has 0 spiro atoms. The number of carbonyl (C=O) groups is 2. The van der Waals surface area contributed by atoms with Crippen molar-refractivity contribution in [3.8, 4) is 0 Å². The Morgan fingerprint density at radius 2 is 1.76 bits per heavy atom. The van der Waals surface area contributed by atoms with Crippen molar-refractivity contribution < 1.29 is 14.3 Å². The Hall–Kier alpha value is -2.40. The molecule has 0 aliphatic rings. The van der Waals surface area contributed by atoms with E-state index in [1.54, 1.807) is 36.4 Å². The predicted octanol–water partition coefficient (Wildman–Crippen LogP) is 3.26. The molecule has 1 amide bonds. The second-order valence-electron chi connectivity index (χ2n) is 5.53. The Labute approximate surface area is 152 Å². The van der Waals surface area contributed by atoms with Gasteiger partial charge in [0.2, 0.25) is 5.91 Å². The van der Waals surface area contributed by atoms with Crippen LogP contribution in [0.4, 0.5) is 0 Å². The van der Waals surface area contributed by atoms with Crippen molar-refractivity contribution in [2.75, 3.05) is 13.2 Å². The fraction of sp³-hybridized carbons (Fsp3) is 0.316. The number of benzene rings is 1. The van der Waals surface area contributed by atoms with Crippen LogP contribution >= 0.6 is 11.6 Å². The summed E-state index contributed by atoms with van der Waals surface area (Å²) in [5.74, 6) is -0.357. The molecule has 0 radical (unpaired) electrons. The number of carbonyl (C=O) groups excluding carboxylic acids is 2. The second-order valence-corrected chi connectivity index (χ2v) is 5.97. The number of nitrogens with zero attached hydrogens (tertiary/aromatic N) is 2. The number of pyridine rings is 1. The highest BCUT2D eigenvalue weighted by Crippen LogP contribution is 2.12. The molecule has 2 rings (SSSR count). The molecule has 1 aromatic carbocycles. The van der Waals surface area contributed by atoms with E-state index < -0.39 is 0 Å². The second kappa shape index (κ2) is 9.79. The molecule has 0 saturated heterocycles. The zero-order valence-corrected chi connectivity index (χ0v) is 14.9. The number of halogens is 1. The quantitative estimate of drug-likeness (QED) is 0.678. The van der Waals surface area contributed by atoms with E-state index >= 15 is 0 Å². The van der Waals surface area contributed by atoms with Crippen molar-refractivity contribution in [3.05, 3.63) is 64.9 Å². The summed E-state index contributed by atoms with van der Waals surface area (Å²) in [5, 5.41) is 0.632. The van der Waals surface area contributed by atoms with E-state index in [0.29, 0.717) is 24.7 Å². The van der Waals surface area contributed by atoms with Gasteiger partial charge in [-0.3, -0.25) is 14.6 Å². The van der Waals surface area contributed by atoms with Crippen molar-refractivity contribution in [1.29, 1.82) is 0 Å². The molecule has 0 bridgehead atoms. The molecule has 0 N–H and O–H groups in total. The highest BCUT2D eigenvalue weighted by Gasteiger charge is 2.16. The van der Waals surface area contributed by atoms with E-state index in [1.165, 1.54) is 0 Å². The lowest BCUT2D eigenvalue weighted by Crippen LogP contribution is -2.34. The molecule has 0 aliphatic carbocycles. The van der Waals surface area contributed by atoms with Gasteiger partial charge >= 0.3 is 5.97 Å². The Kier molecular flexibility index (Phi) is 7.41. The van der Waals surface area contributed by atoms with Gasteiger partial charge in [-0.05, 0) is 42.3 Å². The summed E-state index contributed by atoms with van der Waals surface area (Å²) in [4.78, 5) is 30.0. The third-order valence-corrected chi connectivity index (χ3v) is 3.89. The third-order valence-electron chi connectivity index (χ3n) is 3.64. The molecule has 0 atom stereocenters. The summed E-state index contributed by atoms with van der Waals surface area (Å²) >= 11 is 5.88. The van der Waals surface area contributed by atoms with E-state index in [-0.39, 0.29) is 24.7 Å². The van der Waals surface area contributed by atoms with Crippen molar-refractivity contribution in [2.45, 2.75) is 26.3 Å². The van der Waals surface area contributed by atoms with Crippen LogP contribution in [0.25, 0.3) is 0 Å². The topological polar surface area (TPSA) is 59.5 Å². The molecule has 1 heterocycles. The maximum atomic E-state index is 12.7. The predicted molar refractivity (Wildman–Crippen MR) is 96.1 cm³/mol. The molecule has 1 aromatic heterocycles. The molecule has 0 unspecified atom stereocenters. The third kappa shape index (κ3) is 6.55. The minimum absolute atomic E-state index is 0.0524. The van der Waals surface area contributed by atoms with Crippen molar-refractivity contribution in [2.24, 2.45) is 0 Å². The lowest BCUT2D eigenvalue weighted by molar-refractivity contribution is -0.144. The van der Waals surface area contributed by atoms with Crippen LogP contribution in [0.15, 0.2) is 48.8 Å². The van der Waals surface area contributed by atoms with Gasteiger partial charge in [0.1, 0.15) is 0 Å². The molecule has 0 aliphatic heterocycles. The maximum absolute atomic E-state index is 12.7. The highest BCUT2D eigenvalue weighted by atomic mass is 35.5. The van der Waals surface area contributed by atoms with Gasteiger partial charge in [-0.1, -0.05) is 23.7 Å². The van der Waals surface area contributed by atoms with E-state index in [2.05, 4.69) is 4.98 Å². The zero-order chi connectivity index (χ0) is 18.1. The fourth-order valence-electron chi connectivity index (χ4n) is 2.35. The van der Waals surface area contributed by atoms with Gasteiger partial charge < -0.3 is 9.64 Å². The van der Waals surface area contributed by atoms with E-state index in [1.807, 2.05) is 24.3 Å². The molecule has 0 fully saturated rings. The van der Waals surface area contributed by atoms with Gasteiger partial charge in [0.15, 0.2) is 0 Å². The first kappa shape index (κ1) is 18.9. The summed E-state index contributed by atoms with van der Waals surface area (Å²) < 4.78 is 4.95.